The molecule has 0 aliphatic rings. The molecule has 0 saturated heterocycles. The monoisotopic (exact) mass is 883 g/mol. The molecule has 0 unspecified atom stereocenters. The molecule has 20 N–H and O–H groups in total. The van der Waals surface area contributed by atoms with Crippen molar-refractivity contribution in [3.05, 3.63) is 29.8 Å². The maximum atomic E-state index is 13.9. The third-order valence-corrected chi connectivity index (χ3v) is 9.39. The van der Waals surface area contributed by atoms with Gasteiger partial charge in [-0.2, -0.15) is 11.8 Å². The van der Waals surface area contributed by atoms with Crippen LogP contribution >= 0.6 is 11.8 Å². The van der Waals surface area contributed by atoms with E-state index in [-0.39, 0.29) is 62.9 Å². The molecule has 0 fully saturated rings. The second-order valence-electron chi connectivity index (χ2n) is 13.9. The van der Waals surface area contributed by atoms with Gasteiger partial charge in [0, 0.05) is 19.5 Å². The smallest absolute Gasteiger partial charge is 0.326 e. The van der Waals surface area contributed by atoms with Crippen molar-refractivity contribution in [3.63, 3.8) is 0 Å². The van der Waals surface area contributed by atoms with Crippen molar-refractivity contribution < 1.29 is 54.0 Å². The van der Waals surface area contributed by atoms with Gasteiger partial charge in [0.25, 0.3) is 0 Å². The van der Waals surface area contributed by atoms with Crippen LogP contribution in [-0.2, 0) is 40.0 Å². The van der Waals surface area contributed by atoms with Crippen LogP contribution < -0.4 is 60.6 Å². The quantitative estimate of drug-likeness (QED) is 0.0212. The summed E-state index contributed by atoms with van der Waals surface area (Å²) in [6, 6.07) is -4.21. The number of amides is 6. The molecular weight excluding hydrogens is 823 g/mol. The number of nitrogens with zero attached hydrogens (tertiary/aromatic N) is 2. The second-order valence-corrected chi connectivity index (χ2v) is 14.9. The van der Waals surface area contributed by atoms with Gasteiger partial charge in [-0.3, -0.25) is 38.8 Å². The number of nitrogens with one attached hydrogen (secondary N) is 6. The van der Waals surface area contributed by atoms with Gasteiger partial charge in [0.15, 0.2) is 11.9 Å². The molecule has 342 valence electrons. The number of thioether (sulfide) groups is 1. The highest BCUT2D eigenvalue weighted by Gasteiger charge is 2.34. The van der Waals surface area contributed by atoms with Gasteiger partial charge in [0.2, 0.25) is 35.4 Å². The van der Waals surface area contributed by atoms with Crippen molar-refractivity contribution in [3.8, 4) is 5.75 Å². The maximum Gasteiger partial charge on any atom is 0.326 e. The average molecular weight is 884 g/mol. The number of nitrogens with two attached hydrogens (primary N) is 5. The molecule has 8 atom stereocenters. The highest BCUT2D eigenvalue weighted by atomic mass is 32.2. The summed E-state index contributed by atoms with van der Waals surface area (Å²) in [5.41, 5.74) is 27.8. The molecule has 0 radical (unpaired) electrons. The van der Waals surface area contributed by atoms with E-state index in [0.717, 1.165) is 0 Å². The number of carboxylic acids is 1. The molecule has 1 rings (SSSR count). The lowest BCUT2D eigenvalue weighted by Crippen LogP contribution is -2.61. The molecular formula is C36H61N13O11S. The number of guanidine groups is 2. The number of aromatic hydroxyl groups is 1. The van der Waals surface area contributed by atoms with E-state index in [1.165, 1.54) is 49.9 Å². The molecule has 0 bridgehead atoms. The molecule has 0 aliphatic carbocycles. The zero-order valence-corrected chi connectivity index (χ0v) is 35.2. The number of carboxylic acid groups (broad SMARTS) is 1. The maximum absolute atomic E-state index is 13.9. The fourth-order valence-corrected chi connectivity index (χ4v) is 5.81. The summed E-state index contributed by atoms with van der Waals surface area (Å²) in [5.74, 6) is -6.88. The molecule has 61 heavy (non-hydrogen) atoms. The fraction of sp³-hybridized carbons (Fsp3) is 0.583. The molecule has 0 aliphatic heterocycles. The molecule has 0 heterocycles. The predicted octanol–water partition coefficient (Wildman–Crippen LogP) is -5.49. The number of benzene rings is 1. The van der Waals surface area contributed by atoms with Crippen molar-refractivity contribution in [1.29, 1.82) is 0 Å². The van der Waals surface area contributed by atoms with E-state index in [9.17, 15) is 54.0 Å². The number of phenols is 1. The summed E-state index contributed by atoms with van der Waals surface area (Å²) in [6.07, 6.45) is 0.588. The van der Waals surface area contributed by atoms with Crippen LogP contribution in [0, 0.1) is 0 Å². The number of aliphatic hydroxyl groups is 2. The van der Waals surface area contributed by atoms with E-state index >= 15 is 0 Å². The molecule has 0 aromatic heterocycles. The summed E-state index contributed by atoms with van der Waals surface area (Å²) < 4.78 is 0. The van der Waals surface area contributed by atoms with Gasteiger partial charge in [-0.1, -0.05) is 12.1 Å². The number of hydrogen-bond acceptors (Lipinski definition) is 14. The third-order valence-electron chi connectivity index (χ3n) is 8.75. The van der Waals surface area contributed by atoms with Crippen LogP contribution in [0.1, 0.15) is 51.5 Å². The number of phenolic OH excluding ortho intramolecular Hbond substituents is 1. The zero-order chi connectivity index (χ0) is 46.2. The van der Waals surface area contributed by atoms with Crippen LogP contribution in [0.5, 0.6) is 5.75 Å². The van der Waals surface area contributed by atoms with Crippen LogP contribution in [0.3, 0.4) is 0 Å². The number of hydrogen-bond donors (Lipinski definition) is 15. The van der Waals surface area contributed by atoms with Gasteiger partial charge >= 0.3 is 5.97 Å². The minimum absolute atomic E-state index is 0.00662. The molecule has 0 spiro atoms. The van der Waals surface area contributed by atoms with Crippen LogP contribution in [0.2, 0.25) is 0 Å². The molecule has 24 nitrogen and oxygen atoms in total. The first-order chi connectivity index (χ1) is 28.7. The SMILES string of the molecule is CSCC[C@H](NC(=O)[C@H](C)NC(=O)[C@H](Cc1ccc(O)cc1)NC(=O)[C@H](CCCN=C(N)N)NC(=O)[C@H](CO)NC(=O)[C@@H](NC(=O)[C@@H](N)CCCN=C(N)N)[C@@H](C)O)C(=O)O. The van der Waals surface area contributed by atoms with Gasteiger partial charge in [-0.05, 0) is 75.7 Å². The lowest BCUT2D eigenvalue weighted by Gasteiger charge is -2.27. The first kappa shape index (κ1) is 53.1. The second kappa shape index (κ2) is 27.8. The Morgan fingerprint density at radius 1 is 0.672 bits per heavy atom. The lowest BCUT2D eigenvalue weighted by atomic mass is 10.0. The number of rotatable bonds is 28. The fourth-order valence-electron chi connectivity index (χ4n) is 5.33. The van der Waals surface area contributed by atoms with Gasteiger partial charge in [0.05, 0.1) is 18.8 Å². The number of carbonyl (C=O) groups is 7. The van der Waals surface area contributed by atoms with Crippen LogP contribution in [-0.4, -0.2) is 154 Å². The first-order valence-electron chi connectivity index (χ1n) is 19.2. The van der Waals surface area contributed by atoms with Gasteiger partial charge in [0.1, 0.15) is 42.0 Å². The molecule has 25 heteroatoms. The number of aliphatic imine (C=N–C) groups is 2. The number of aliphatic carboxylic acids is 1. The zero-order valence-electron chi connectivity index (χ0n) is 34.3. The van der Waals surface area contributed by atoms with E-state index in [1.807, 2.05) is 0 Å². The molecule has 1 aromatic rings. The Balaban J connectivity index is 3.30. The highest BCUT2D eigenvalue weighted by Crippen LogP contribution is 2.13. The van der Waals surface area contributed by atoms with Gasteiger partial charge < -0.3 is 81.0 Å². The van der Waals surface area contributed by atoms with Crippen LogP contribution in [0.15, 0.2) is 34.3 Å². The van der Waals surface area contributed by atoms with Gasteiger partial charge in [-0.25, -0.2) is 4.79 Å². The first-order valence-corrected chi connectivity index (χ1v) is 20.6. The summed E-state index contributed by atoms with van der Waals surface area (Å²) >= 11 is 1.38. The predicted molar refractivity (Wildman–Crippen MR) is 226 cm³/mol. The van der Waals surface area contributed by atoms with Crippen molar-refractivity contribution >= 4 is 65.1 Å². The minimum Gasteiger partial charge on any atom is -0.508 e. The van der Waals surface area contributed by atoms with Crippen molar-refractivity contribution in [2.75, 3.05) is 31.7 Å². The average Bonchev–Trinajstić information content (AvgIpc) is 3.19. The largest absolute Gasteiger partial charge is 0.508 e. The normalized spacial score (nSPS) is 14.8. The van der Waals surface area contributed by atoms with E-state index in [2.05, 4.69) is 41.9 Å². The van der Waals surface area contributed by atoms with Gasteiger partial charge in [-0.15, -0.1) is 0 Å². The highest BCUT2D eigenvalue weighted by molar-refractivity contribution is 7.98. The Bertz CT molecular complexity index is 1680. The Hall–Kier alpha value is -5.92. The van der Waals surface area contributed by atoms with E-state index in [1.54, 1.807) is 6.26 Å². The Morgan fingerprint density at radius 3 is 1.70 bits per heavy atom. The summed E-state index contributed by atoms with van der Waals surface area (Å²) in [5, 5.41) is 54.1. The molecule has 0 saturated carbocycles. The van der Waals surface area contributed by atoms with Crippen molar-refractivity contribution in [2.24, 2.45) is 38.7 Å². The van der Waals surface area contributed by atoms with E-state index in [0.29, 0.717) is 17.7 Å². The summed E-state index contributed by atoms with van der Waals surface area (Å²) in [6.45, 7) is 1.69. The third kappa shape index (κ3) is 20.7. The number of aliphatic hydroxyl groups excluding tert-OH is 2. The summed E-state index contributed by atoms with van der Waals surface area (Å²) in [7, 11) is 0. The lowest BCUT2D eigenvalue weighted by molar-refractivity contribution is -0.142. The molecule has 1 aromatic carbocycles. The Kier molecular flexibility index (Phi) is 24.2. The van der Waals surface area contributed by atoms with Crippen molar-refractivity contribution in [1.82, 2.24) is 31.9 Å². The standard InChI is InChI=1S/C36H61N13O11S/c1-18(28(53)46-24(34(59)60)12-15-61-3)44-31(56)25(16-20-8-10-21(52)11-9-20)47-30(55)23(7-5-14-43-36(40)41)45-32(57)26(17-50)48-33(58)27(19(2)51)49-29(54)22(37)6-4-13-42-35(38)39/h8-11,18-19,22-27,50-52H,4-7,12-17,37H2,1-3H3,(H,44,56)(H,45,57)(H,46,53)(H,47,55)(H,48,58)(H,49,54)(H,59,60)(H4,38,39,42)(H4,40,41,43)/t18-,19+,22-,23-,24-,25-,26-,27-/m0/s1. The van der Waals surface area contributed by atoms with Crippen LogP contribution in [0.4, 0.5) is 0 Å². The molecule has 6 amide bonds. The minimum atomic E-state index is -1.73. The van der Waals surface area contributed by atoms with Crippen molar-refractivity contribution in [2.45, 2.75) is 101 Å². The Labute approximate surface area is 357 Å². The topological polar surface area (TPSA) is 427 Å². The Morgan fingerprint density at radius 2 is 1.18 bits per heavy atom. The van der Waals surface area contributed by atoms with E-state index in [4.69, 9.17) is 28.7 Å². The summed E-state index contributed by atoms with van der Waals surface area (Å²) in [4.78, 5) is 99.4. The van der Waals surface area contributed by atoms with Crippen LogP contribution in [0.25, 0.3) is 0 Å². The van der Waals surface area contributed by atoms with E-state index < -0.39 is 96.4 Å². The number of carbonyl (C=O) groups excluding carboxylic acids is 6.